The van der Waals surface area contributed by atoms with E-state index in [1.807, 2.05) is 28.2 Å². The minimum Gasteiger partial charge on any atom is -0.378 e. The molecule has 1 aromatic heterocycles. The largest absolute Gasteiger partial charge is 0.378 e. The van der Waals surface area contributed by atoms with E-state index in [1.165, 1.54) is 11.4 Å². The second kappa shape index (κ2) is 8.44. The lowest BCUT2D eigenvalue weighted by atomic mass is 10.2. The van der Waals surface area contributed by atoms with E-state index < -0.39 is 0 Å². The van der Waals surface area contributed by atoms with Gasteiger partial charge in [-0.3, -0.25) is 0 Å². The molecule has 0 saturated carbocycles. The number of benzene rings is 2. The highest BCUT2D eigenvalue weighted by Gasteiger charge is 2.09. The quantitative estimate of drug-likeness (QED) is 0.633. The second-order valence-electron chi connectivity index (χ2n) is 6.79. The average molecular weight is 366 g/mol. The fourth-order valence-corrected chi connectivity index (χ4v) is 2.62. The Bertz CT molecular complexity index is 770. The maximum atomic E-state index is 4.89. The van der Waals surface area contributed by atoms with Gasteiger partial charge in [0.1, 0.15) is 0 Å². The molecule has 0 unspecified atom stereocenters. The van der Waals surface area contributed by atoms with Gasteiger partial charge in [-0.1, -0.05) is 24.3 Å². The zero-order chi connectivity index (χ0) is 19.2. The van der Waals surface area contributed by atoms with Crippen LogP contribution in [0.5, 0.6) is 0 Å². The van der Waals surface area contributed by atoms with Crippen LogP contribution in [0.1, 0.15) is 11.1 Å². The molecule has 2 aromatic carbocycles. The SMILES string of the molecule is CN(C)c1ccc(CNc2nonc2NCc2ccc(N(C)C)cc2)cc1. The Morgan fingerprint density at radius 3 is 1.37 bits per heavy atom. The first-order chi connectivity index (χ1) is 13.0. The number of anilines is 4. The van der Waals surface area contributed by atoms with Crippen molar-refractivity contribution < 1.29 is 4.63 Å². The van der Waals surface area contributed by atoms with Gasteiger partial charge in [0, 0.05) is 52.7 Å². The highest BCUT2D eigenvalue weighted by atomic mass is 16.6. The summed E-state index contributed by atoms with van der Waals surface area (Å²) in [6, 6.07) is 16.7. The van der Waals surface area contributed by atoms with Crippen molar-refractivity contribution in [2.24, 2.45) is 0 Å². The first-order valence-corrected chi connectivity index (χ1v) is 8.86. The van der Waals surface area contributed by atoms with Gasteiger partial charge in [-0.2, -0.15) is 0 Å². The van der Waals surface area contributed by atoms with Crippen LogP contribution in [0.25, 0.3) is 0 Å². The monoisotopic (exact) mass is 366 g/mol. The van der Waals surface area contributed by atoms with E-state index in [9.17, 15) is 0 Å². The van der Waals surface area contributed by atoms with Gasteiger partial charge in [-0.15, -0.1) is 0 Å². The average Bonchev–Trinajstić information content (AvgIpc) is 3.12. The highest BCUT2D eigenvalue weighted by Crippen LogP contribution is 2.19. The van der Waals surface area contributed by atoms with Gasteiger partial charge in [-0.05, 0) is 45.7 Å². The molecule has 0 radical (unpaired) electrons. The fraction of sp³-hybridized carbons (Fsp3) is 0.300. The summed E-state index contributed by atoms with van der Waals surface area (Å²) in [5, 5.41) is 14.4. The van der Waals surface area contributed by atoms with Gasteiger partial charge >= 0.3 is 0 Å². The third-order valence-corrected chi connectivity index (χ3v) is 4.31. The Hall–Kier alpha value is -3.22. The van der Waals surface area contributed by atoms with Crippen molar-refractivity contribution >= 4 is 23.0 Å². The van der Waals surface area contributed by atoms with E-state index in [1.54, 1.807) is 0 Å². The van der Waals surface area contributed by atoms with Crippen LogP contribution in [0.2, 0.25) is 0 Å². The molecule has 7 heteroatoms. The number of aromatic nitrogens is 2. The van der Waals surface area contributed by atoms with Crippen LogP contribution in [0.3, 0.4) is 0 Å². The molecule has 0 fully saturated rings. The molecule has 27 heavy (non-hydrogen) atoms. The summed E-state index contributed by atoms with van der Waals surface area (Å²) < 4.78 is 4.89. The molecule has 0 amide bonds. The number of nitrogens with zero attached hydrogens (tertiary/aromatic N) is 4. The lowest BCUT2D eigenvalue weighted by molar-refractivity contribution is 0.310. The second-order valence-corrected chi connectivity index (χ2v) is 6.79. The third kappa shape index (κ3) is 4.91. The Labute approximate surface area is 159 Å². The van der Waals surface area contributed by atoms with E-state index >= 15 is 0 Å². The van der Waals surface area contributed by atoms with E-state index in [0.29, 0.717) is 24.7 Å². The van der Waals surface area contributed by atoms with Crippen LogP contribution in [-0.4, -0.2) is 38.5 Å². The van der Waals surface area contributed by atoms with Gasteiger partial charge < -0.3 is 20.4 Å². The van der Waals surface area contributed by atoms with Crippen molar-refractivity contribution in [3.63, 3.8) is 0 Å². The molecule has 0 aliphatic heterocycles. The third-order valence-electron chi connectivity index (χ3n) is 4.31. The van der Waals surface area contributed by atoms with E-state index in [4.69, 9.17) is 4.63 Å². The molecule has 0 aliphatic rings. The predicted molar refractivity (Wildman–Crippen MR) is 110 cm³/mol. The smallest absolute Gasteiger partial charge is 0.215 e. The zero-order valence-corrected chi connectivity index (χ0v) is 16.2. The molecule has 0 atom stereocenters. The van der Waals surface area contributed by atoms with Crippen molar-refractivity contribution in [3.8, 4) is 0 Å². The topological polar surface area (TPSA) is 69.5 Å². The molecular weight excluding hydrogens is 340 g/mol. The normalized spacial score (nSPS) is 10.5. The van der Waals surface area contributed by atoms with Crippen LogP contribution >= 0.6 is 0 Å². The van der Waals surface area contributed by atoms with Gasteiger partial charge in [0.05, 0.1) is 0 Å². The standard InChI is InChI=1S/C20H26N6O/c1-25(2)17-9-5-15(6-10-17)13-21-19-20(24-27-23-19)22-14-16-7-11-18(12-8-16)26(3)4/h5-12H,13-14H2,1-4H3,(H,21,23)(H,22,24). The summed E-state index contributed by atoms with van der Waals surface area (Å²) in [4.78, 5) is 4.15. The van der Waals surface area contributed by atoms with Crippen molar-refractivity contribution in [2.75, 3.05) is 48.6 Å². The molecule has 2 N–H and O–H groups in total. The predicted octanol–water partition coefficient (Wildman–Crippen LogP) is 3.43. The minimum absolute atomic E-state index is 0.608. The van der Waals surface area contributed by atoms with E-state index in [2.05, 4.69) is 79.3 Å². The van der Waals surface area contributed by atoms with Gasteiger partial charge in [0.15, 0.2) is 0 Å². The van der Waals surface area contributed by atoms with E-state index in [0.717, 1.165) is 11.1 Å². The van der Waals surface area contributed by atoms with Crippen LogP contribution in [0.15, 0.2) is 53.2 Å². The molecule has 1 heterocycles. The van der Waals surface area contributed by atoms with Crippen LogP contribution in [0, 0.1) is 0 Å². The molecule has 3 aromatic rings. The summed E-state index contributed by atoms with van der Waals surface area (Å²) in [6.45, 7) is 1.29. The Kier molecular flexibility index (Phi) is 5.80. The molecule has 3 rings (SSSR count). The van der Waals surface area contributed by atoms with E-state index in [-0.39, 0.29) is 0 Å². The number of nitrogens with one attached hydrogen (secondary N) is 2. The molecule has 0 saturated heterocycles. The maximum absolute atomic E-state index is 4.89. The number of hydrogen-bond acceptors (Lipinski definition) is 7. The lowest BCUT2D eigenvalue weighted by Gasteiger charge is -2.13. The zero-order valence-electron chi connectivity index (χ0n) is 16.2. The fourth-order valence-electron chi connectivity index (χ4n) is 2.62. The number of rotatable bonds is 8. The van der Waals surface area contributed by atoms with Gasteiger partial charge in [0.2, 0.25) is 11.6 Å². The maximum Gasteiger partial charge on any atom is 0.215 e. The van der Waals surface area contributed by atoms with Crippen LogP contribution in [0.4, 0.5) is 23.0 Å². The Morgan fingerprint density at radius 2 is 1.04 bits per heavy atom. The summed E-state index contributed by atoms with van der Waals surface area (Å²) in [7, 11) is 8.11. The highest BCUT2D eigenvalue weighted by molar-refractivity contribution is 5.58. The summed E-state index contributed by atoms with van der Waals surface area (Å²) >= 11 is 0. The molecule has 0 spiro atoms. The van der Waals surface area contributed by atoms with Gasteiger partial charge in [-0.25, -0.2) is 4.63 Å². The summed E-state index contributed by atoms with van der Waals surface area (Å²) in [5.41, 5.74) is 4.66. The van der Waals surface area contributed by atoms with Crippen LogP contribution < -0.4 is 20.4 Å². The van der Waals surface area contributed by atoms with Crippen LogP contribution in [-0.2, 0) is 13.1 Å². The van der Waals surface area contributed by atoms with Crippen molar-refractivity contribution in [1.82, 2.24) is 10.3 Å². The molecule has 7 nitrogen and oxygen atoms in total. The first kappa shape index (κ1) is 18.6. The number of hydrogen-bond donors (Lipinski definition) is 2. The Morgan fingerprint density at radius 1 is 0.667 bits per heavy atom. The van der Waals surface area contributed by atoms with Crippen molar-refractivity contribution in [1.29, 1.82) is 0 Å². The molecule has 142 valence electrons. The van der Waals surface area contributed by atoms with Gasteiger partial charge in [0.25, 0.3) is 0 Å². The molecule has 0 aliphatic carbocycles. The summed E-state index contributed by atoms with van der Waals surface area (Å²) in [6.07, 6.45) is 0. The molecular formula is C20H26N6O. The first-order valence-electron chi connectivity index (χ1n) is 8.86. The Balaban J connectivity index is 1.55. The summed E-state index contributed by atoms with van der Waals surface area (Å²) in [5.74, 6) is 1.22. The van der Waals surface area contributed by atoms with Crippen molar-refractivity contribution in [3.05, 3.63) is 59.7 Å². The lowest BCUT2D eigenvalue weighted by Crippen LogP contribution is -2.09. The molecule has 0 bridgehead atoms. The minimum atomic E-state index is 0.608. The van der Waals surface area contributed by atoms with Crippen molar-refractivity contribution in [2.45, 2.75) is 13.1 Å².